The summed E-state index contributed by atoms with van der Waals surface area (Å²) in [4.78, 5) is 33.2. The van der Waals surface area contributed by atoms with Crippen LogP contribution in [0.15, 0.2) is 120 Å². The monoisotopic (exact) mass is 501 g/mol. The Bertz CT molecular complexity index is 2180. The summed E-state index contributed by atoms with van der Waals surface area (Å²) in [6, 6.07) is 35.4. The van der Waals surface area contributed by atoms with Gasteiger partial charge in [-0.3, -0.25) is 9.78 Å². The zero-order valence-electron chi connectivity index (χ0n) is 20.6. The lowest BCUT2D eigenvalue weighted by atomic mass is 10.0. The van der Waals surface area contributed by atoms with Crippen LogP contribution in [0.25, 0.3) is 72.4 Å². The van der Waals surface area contributed by atoms with E-state index in [2.05, 4.69) is 4.40 Å². The molecule has 8 rings (SSSR count). The van der Waals surface area contributed by atoms with E-state index in [-0.39, 0.29) is 5.43 Å². The Morgan fingerprint density at radius 3 is 1.77 bits per heavy atom. The van der Waals surface area contributed by atoms with Crippen LogP contribution < -0.4 is 5.43 Å². The number of hydrogen-bond donors (Lipinski definition) is 0. The highest BCUT2D eigenvalue weighted by molar-refractivity contribution is 6.16. The number of benzene rings is 4. The minimum absolute atomic E-state index is 0.0200. The van der Waals surface area contributed by atoms with Crippen LogP contribution in [0, 0.1) is 0 Å². The molecule has 0 fully saturated rings. The maximum absolute atomic E-state index is 13.8. The molecule has 0 aliphatic carbocycles. The van der Waals surface area contributed by atoms with Gasteiger partial charge in [-0.2, -0.15) is 0 Å². The molecule has 0 spiro atoms. The topological polar surface area (TPSA) is 73.0 Å². The van der Waals surface area contributed by atoms with Crippen molar-refractivity contribution in [2.45, 2.75) is 0 Å². The zero-order valence-corrected chi connectivity index (χ0v) is 20.6. The summed E-state index contributed by atoms with van der Waals surface area (Å²) in [6.45, 7) is 0. The largest absolute Gasteiger partial charge is 0.306 e. The first-order valence-electron chi connectivity index (χ1n) is 12.7. The fourth-order valence-electron chi connectivity index (χ4n) is 5.46. The van der Waals surface area contributed by atoms with Crippen molar-refractivity contribution >= 4 is 38.2 Å². The molecule has 6 nitrogen and oxygen atoms in total. The fourth-order valence-corrected chi connectivity index (χ4v) is 5.46. The highest BCUT2D eigenvalue weighted by Gasteiger charge is 2.20. The molecule has 0 atom stereocenters. The average molecular weight is 502 g/mol. The van der Waals surface area contributed by atoms with Crippen molar-refractivity contribution in [2.24, 2.45) is 0 Å². The molecule has 0 N–H and O–H groups in total. The summed E-state index contributed by atoms with van der Waals surface area (Å²) in [6.07, 6.45) is 1.79. The Hall–Kier alpha value is -5.49. The lowest BCUT2D eigenvalue weighted by molar-refractivity contribution is 1.07. The Labute approximate surface area is 222 Å². The molecule has 39 heavy (non-hydrogen) atoms. The van der Waals surface area contributed by atoms with Gasteiger partial charge in [0.15, 0.2) is 22.9 Å². The summed E-state index contributed by atoms with van der Waals surface area (Å²) in [7, 11) is 0. The molecular weight excluding hydrogens is 482 g/mol. The number of pyridine rings is 2. The molecule has 6 heteroatoms. The van der Waals surface area contributed by atoms with Gasteiger partial charge in [-0.1, -0.05) is 72.8 Å². The first-order valence-corrected chi connectivity index (χ1v) is 12.7. The molecule has 0 bridgehead atoms. The van der Waals surface area contributed by atoms with Crippen LogP contribution in [0.3, 0.4) is 0 Å². The van der Waals surface area contributed by atoms with Crippen LogP contribution in [0.1, 0.15) is 0 Å². The number of hydrogen-bond acceptors (Lipinski definition) is 5. The minimum atomic E-state index is -0.0200. The van der Waals surface area contributed by atoms with E-state index < -0.39 is 0 Å². The minimum Gasteiger partial charge on any atom is -0.306 e. The fraction of sp³-hybridized carbons (Fsp3) is 0. The summed E-state index contributed by atoms with van der Waals surface area (Å²) in [5.74, 6) is 1.65. The molecule has 0 amide bonds. The third-order valence-electron chi connectivity index (χ3n) is 7.21. The highest BCUT2D eigenvalue weighted by Crippen LogP contribution is 2.36. The van der Waals surface area contributed by atoms with Gasteiger partial charge in [-0.05, 0) is 36.4 Å². The maximum Gasteiger partial charge on any atom is 0.197 e. The van der Waals surface area contributed by atoms with Gasteiger partial charge in [-0.25, -0.2) is 15.0 Å². The van der Waals surface area contributed by atoms with E-state index in [1.807, 2.05) is 109 Å². The number of rotatable bonds is 3. The molecule has 0 saturated carbocycles. The summed E-state index contributed by atoms with van der Waals surface area (Å²) >= 11 is 0. The molecule has 0 aliphatic rings. The van der Waals surface area contributed by atoms with E-state index in [1.54, 1.807) is 6.20 Å². The van der Waals surface area contributed by atoms with Crippen molar-refractivity contribution in [3.63, 3.8) is 0 Å². The van der Waals surface area contributed by atoms with Crippen LogP contribution in [0.2, 0.25) is 0 Å². The van der Waals surface area contributed by atoms with Gasteiger partial charge in [0.1, 0.15) is 0 Å². The van der Waals surface area contributed by atoms with Gasteiger partial charge in [0.05, 0.1) is 22.1 Å². The third-order valence-corrected chi connectivity index (χ3v) is 7.21. The first kappa shape index (κ1) is 21.6. The molecule has 182 valence electrons. The molecular formula is C33H19N5O. The first-order chi connectivity index (χ1) is 19.3. The SMILES string of the molecule is O=c1c2ccccc2n2c3cccnc3c3cc(-c4nc(-c5ccccc5)nc(-c5ccccc5)n4)cc1c32. The van der Waals surface area contributed by atoms with E-state index in [0.717, 1.165) is 44.1 Å². The molecule has 0 radical (unpaired) electrons. The maximum atomic E-state index is 13.8. The standard InChI is InChI=1S/C33H19N5O/c39-30-23-14-7-8-15-26(23)38-27-16-9-17-34-28(27)24-18-22(19-25(30)29(24)38)33-36-31(20-10-3-1-4-11-20)35-32(37-33)21-12-5-2-6-13-21/h1-19H. The average Bonchev–Trinajstić information content (AvgIpc) is 3.35. The van der Waals surface area contributed by atoms with E-state index >= 15 is 0 Å². The second kappa shape index (κ2) is 8.26. The second-order valence-corrected chi connectivity index (χ2v) is 9.51. The van der Waals surface area contributed by atoms with Crippen LogP contribution >= 0.6 is 0 Å². The van der Waals surface area contributed by atoms with Gasteiger partial charge < -0.3 is 4.40 Å². The van der Waals surface area contributed by atoms with Crippen LogP contribution in [-0.2, 0) is 0 Å². The van der Waals surface area contributed by atoms with Crippen molar-refractivity contribution in [1.29, 1.82) is 0 Å². The molecule has 0 unspecified atom stereocenters. The van der Waals surface area contributed by atoms with Gasteiger partial charge in [-0.15, -0.1) is 0 Å². The van der Waals surface area contributed by atoms with Gasteiger partial charge >= 0.3 is 0 Å². The van der Waals surface area contributed by atoms with E-state index in [9.17, 15) is 4.79 Å². The van der Waals surface area contributed by atoms with E-state index in [1.165, 1.54) is 0 Å². The van der Waals surface area contributed by atoms with Crippen molar-refractivity contribution in [3.05, 3.63) is 126 Å². The third kappa shape index (κ3) is 3.25. The lowest BCUT2D eigenvalue weighted by Gasteiger charge is -2.10. The Morgan fingerprint density at radius 2 is 1.08 bits per heavy atom. The van der Waals surface area contributed by atoms with Crippen molar-refractivity contribution in [3.8, 4) is 34.2 Å². The van der Waals surface area contributed by atoms with Crippen molar-refractivity contribution in [1.82, 2.24) is 24.3 Å². The molecule has 8 aromatic rings. The lowest BCUT2D eigenvalue weighted by Crippen LogP contribution is -2.07. The number of nitrogens with zero attached hydrogens (tertiary/aromatic N) is 5. The van der Waals surface area contributed by atoms with E-state index in [4.69, 9.17) is 19.9 Å². The molecule has 4 aromatic heterocycles. The van der Waals surface area contributed by atoms with E-state index in [0.29, 0.717) is 28.2 Å². The smallest absolute Gasteiger partial charge is 0.197 e. The summed E-state index contributed by atoms with van der Waals surface area (Å²) in [5, 5.41) is 2.17. The zero-order chi connectivity index (χ0) is 25.9. The highest BCUT2D eigenvalue weighted by atomic mass is 16.1. The second-order valence-electron chi connectivity index (χ2n) is 9.51. The van der Waals surface area contributed by atoms with Crippen LogP contribution in [0.4, 0.5) is 0 Å². The Kier molecular flexibility index (Phi) is 4.57. The number of aromatic nitrogens is 5. The Morgan fingerprint density at radius 1 is 0.513 bits per heavy atom. The molecule has 4 aromatic carbocycles. The van der Waals surface area contributed by atoms with Gasteiger partial charge in [0, 0.05) is 39.0 Å². The number of fused-ring (bicyclic) bond motifs is 5. The van der Waals surface area contributed by atoms with Gasteiger partial charge in [0.2, 0.25) is 0 Å². The van der Waals surface area contributed by atoms with Crippen LogP contribution in [0.5, 0.6) is 0 Å². The molecule has 0 aliphatic heterocycles. The predicted molar refractivity (Wildman–Crippen MR) is 155 cm³/mol. The van der Waals surface area contributed by atoms with Gasteiger partial charge in [0.25, 0.3) is 0 Å². The Balaban J connectivity index is 1.49. The summed E-state index contributed by atoms with van der Waals surface area (Å²) < 4.78 is 2.14. The van der Waals surface area contributed by atoms with Crippen LogP contribution in [-0.4, -0.2) is 24.3 Å². The van der Waals surface area contributed by atoms with Crippen molar-refractivity contribution in [2.75, 3.05) is 0 Å². The van der Waals surface area contributed by atoms with Crippen molar-refractivity contribution < 1.29 is 0 Å². The quantitative estimate of drug-likeness (QED) is 0.250. The normalized spacial score (nSPS) is 11.7. The molecule has 0 saturated heterocycles. The summed E-state index contributed by atoms with van der Waals surface area (Å²) in [5.41, 5.74) is 6.02. The number of para-hydroxylation sites is 1. The molecule has 4 heterocycles. The predicted octanol–water partition coefficient (Wildman–Crippen LogP) is 6.78.